The van der Waals surface area contributed by atoms with Gasteiger partial charge in [-0.05, 0) is 67.8 Å². The molecule has 0 unspecified atom stereocenters. The van der Waals surface area contributed by atoms with Crippen LogP contribution in [0.3, 0.4) is 0 Å². The average molecular weight is 447 g/mol. The Morgan fingerprint density at radius 3 is 2.62 bits per heavy atom. The summed E-state index contributed by atoms with van der Waals surface area (Å²) in [7, 11) is 0. The van der Waals surface area contributed by atoms with E-state index in [1.165, 1.54) is 10.5 Å². The maximum Gasteiger partial charge on any atom is 0.269 e. The summed E-state index contributed by atoms with van der Waals surface area (Å²) in [4.78, 5) is 25.9. The zero-order valence-corrected chi connectivity index (χ0v) is 19.0. The molecular formula is C27H21N5O2. The van der Waals surface area contributed by atoms with Crippen molar-refractivity contribution in [3.05, 3.63) is 99.2 Å². The van der Waals surface area contributed by atoms with Crippen LogP contribution in [0, 0.1) is 32.1 Å². The third-order valence-electron chi connectivity index (χ3n) is 5.86. The number of aryl methyl sites for hydroxylation is 2. The monoisotopic (exact) mass is 447 g/mol. The lowest BCUT2D eigenvalue weighted by atomic mass is 10.1. The standard InChI is InChI=1S/C27H21N5O2/c1-16-8-6-12-23(18(16)3)34-26-20(27(33)32-13-7-9-17(2)25(32)31-26)14-19(15-28)24-29-21-10-4-5-11-22(21)30-24/h4-14H,1-3H3,(H,29,30)/b19-14+. The Morgan fingerprint density at radius 2 is 1.82 bits per heavy atom. The molecule has 7 nitrogen and oxygen atoms in total. The number of hydrogen-bond donors (Lipinski definition) is 1. The highest BCUT2D eigenvalue weighted by Crippen LogP contribution is 2.29. The van der Waals surface area contributed by atoms with E-state index < -0.39 is 0 Å². The minimum atomic E-state index is -0.335. The first-order valence-electron chi connectivity index (χ1n) is 10.8. The van der Waals surface area contributed by atoms with Gasteiger partial charge in [0.2, 0.25) is 5.88 Å². The number of nitrogens with one attached hydrogen (secondary N) is 1. The van der Waals surface area contributed by atoms with Crippen molar-refractivity contribution in [3.8, 4) is 17.7 Å². The molecule has 0 aliphatic carbocycles. The molecule has 5 rings (SSSR count). The normalized spacial score (nSPS) is 11.6. The fraction of sp³-hybridized carbons (Fsp3) is 0.111. The molecule has 0 fully saturated rings. The molecule has 0 aliphatic rings. The molecule has 2 aromatic carbocycles. The lowest BCUT2D eigenvalue weighted by Crippen LogP contribution is -2.19. The van der Waals surface area contributed by atoms with Gasteiger partial charge in [0.05, 0.1) is 16.6 Å². The number of nitriles is 1. The smallest absolute Gasteiger partial charge is 0.269 e. The summed E-state index contributed by atoms with van der Waals surface area (Å²) in [5, 5.41) is 9.93. The van der Waals surface area contributed by atoms with Crippen LogP contribution in [0.25, 0.3) is 28.3 Å². The molecule has 0 saturated heterocycles. The van der Waals surface area contributed by atoms with Crippen LogP contribution in [0.15, 0.2) is 65.6 Å². The first-order chi connectivity index (χ1) is 16.5. The van der Waals surface area contributed by atoms with Crippen LogP contribution in [-0.2, 0) is 0 Å². The predicted molar refractivity (Wildman–Crippen MR) is 132 cm³/mol. The minimum Gasteiger partial charge on any atom is -0.438 e. The summed E-state index contributed by atoms with van der Waals surface area (Å²) in [6, 6.07) is 19.0. The molecular weight excluding hydrogens is 426 g/mol. The number of fused-ring (bicyclic) bond motifs is 2. The number of nitrogens with zero attached hydrogens (tertiary/aromatic N) is 4. The van der Waals surface area contributed by atoms with Gasteiger partial charge in [0, 0.05) is 6.20 Å². The van der Waals surface area contributed by atoms with E-state index in [9.17, 15) is 10.1 Å². The van der Waals surface area contributed by atoms with E-state index in [4.69, 9.17) is 4.74 Å². The van der Waals surface area contributed by atoms with E-state index in [0.717, 1.165) is 27.7 Å². The highest BCUT2D eigenvalue weighted by Gasteiger charge is 2.18. The van der Waals surface area contributed by atoms with Crippen molar-refractivity contribution in [1.82, 2.24) is 19.4 Å². The lowest BCUT2D eigenvalue weighted by Gasteiger charge is -2.13. The highest BCUT2D eigenvalue weighted by molar-refractivity contribution is 5.91. The molecule has 3 heterocycles. The third kappa shape index (κ3) is 3.61. The van der Waals surface area contributed by atoms with E-state index in [1.807, 2.05) is 69.3 Å². The fourth-order valence-corrected chi connectivity index (χ4v) is 3.81. The first kappa shape index (κ1) is 21.2. The second kappa shape index (κ2) is 8.34. The van der Waals surface area contributed by atoms with Crippen LogP contribution >= 0.6 is 0 Å². The molecule has 0 bridgehead atoms. The Labute approximate surface area is 195 Å². The summed E-state index contributed by atoms with van der Waals surface area (Å²) in [5.74, 6) is 1.11. The SMILES string of the molecule is Cc1cccc(Oc2nc3c(C)cccn3c(=O)c2/C=C(\C#N)c2nc3ccccc3[nH]2)c1C. The number of H-pyrrole nitrogens is 1. The summed E-state index contributed by atoms with van der Waals surface area (Å²) in [6.45, 7) is 5.83. The Kier molecular flexibility index (Phi) is 5.19. The molecule has 0 amide bonds. The van der Waals surface area contributed by atoms with Crippen molar-refractivity contribution in [2.24, 2.45) is 0 Å². The number of benzene rings is 2. The number of imidazole rings is 1. The number of ether oxygens (including phenoxy) is 1. The van der Waals surface area contributed by atoms with Gasteiger partial charge in [-0.1, -0.05) is 30.3 Å². The summed E-state index contributed by atoms with van der Waals surface area (Å²) < 4.78 is 7.66. The molecule has 0 atom stereocenters. The number of aromatic nitrogens is 4. The van der Waals surface area contributed by atoms with Crippen LogP contribution in [0.1, 0.15) is 28.1 Å². The van der Waals surface area contributed by atoms with Gasteiger partial charge in [-0.25, -0.2) is 4.98 Å². The van der Waals surface area contributed by atoms with Crippen molar-refractivity contribution in [1.29, 1.82) is 5.26 Å². The van der Waals surface area contributed by atoms with Gasteiger partial charge in [-0.2, -0.15) is 10.2 Å². The van der Waals surface area contributed by atoms with E-state index >= 15 is 0 Å². The van der Waals surface area contributed by atoms with E-state index in [-0.39, 0.29) is 22.6 Å². The lowest BCUT2D eigenvalue weighted by molar-refractivity contribution is 0.457. The third-order valence-corrected chi connectivity index (χ3v) is 5.86. The van der Waals surface area contributed by atoms with Gasteiger partial charge < -0.3 is 9.72 Å². The van der Waals surface area contributed by atoms with Gasteiger partial charge >= 0.3 is 0 Å². The van der Waals surface area contributed by atoms with Crippen LogP contribution < -0.4 is 10.3 Å². The first-order valence-corrected chi connectivity index (χ1v) is 10.8. The van der Waals surface area contributed by atoms with Gasteiger partial charge in [0.25, 0.3) is 5.56 Å². The van der Waals surface area contributed by atoms with Crippen molar-refractivity contribution >= 4 is 28.3 Å². The fourth-order valence-electron chi connectivity index (χ4n) is 3.81. The predicted octanol–water partition coefficient (Wildman–Crippen LogP) is 5.35. The van der Waals surface area contributed by atoms with Crippen molar-refractivity contribution in [2.75, 3.05) is 0 Å². The average Bonchev–Trinajstić information content (AvgIpc) is 3.27. The zero-order chi connectivity index (χ0) is 23.8. The van der Waals surface area contributed by atoms with Crippen molar-refractivity contribution in [2.45, 2.75) is 20.8 Å². The summed E-state index contributed by atoms with van der Waals surface area (Å²) in [6.07, 6.45) is 3.15. The van der Waals surface area contributed by atoms with Crippen LogP contribution in [0.2, 0.25) is 0 Å². The maximum absolute atomic E-state index is 13.6. The molecule has 5 aromatic rings. The summed E-state index contributed by atoms with van der Waals surface area (Å²) in [5.41, 5.74) is 4.90. The number of hydrogen-bond acceptors (Lipinski definition) is 5. The second-order valence-electron chi connectivity index (χ2n) is 8.09. The maximum atomic E-state index is 13.6. The quantitative estimate of drug-likeness (QED) is 0.375. The molecule has 0 radical (unpaired) electrons. The Hall–Kier alpha value is -4.70. The van der Waals surface area contributed by atoms with E-state index in [0.29, 0.717) is 17.2 Å². The topological polar surface area (TPSA) is 96.1 Å². The summed E-state index contributed by atoms with van der Waals surface area (Å²) >= 11 is 0. The molecule has 0 aliphatic heterocycles. The molecule has 34 heavy (non-hydrogen) atoms. The highest BCUT2D eigenvalue weighted by atomic mass is 16.5. The van der Waals surface area contributed by atoms with Gasteiger partial charge in [0.1, 0.15) is 28.9 Å². The number of para-hydroxylation sites is 2. The molecule has 3 aromatic heterocycles. The second-order valence-corrected chi connectivity index (χ2v) is 8.09. The Balaban J connectivity index is 1.75. The minimum absolute atomic E-state index is 0.136. The number of pyridine rings is 1. The van der Waals surface area contributed by atoms with Crippen LogP contribution in [0.5, 0.6) is 11.6 Å². The molecule has 7 heteroatoms. The van der Waals surface area contributed by atoms with Gasteiger partial charge in [-0.15, -0.1) is 0 Å². The molecule has 1 N–H and O–H groups in total. The Bertz CT molecular complexity index is 1670. The number of allylic oxidation sites excluding steroid dienone is 1. The molecule has 0 spiro atoms. The van der Waals surface area contributed by atoms with Crippen LogP contribution in [0.4, 0.5) is 0 Å². The zero-order valence-electron chi connectivity index (χ0n) is 19.0. The molecule has 0 saturated carbocycles. The van der Waals surface area contributed by atoms with Gasteiger partial charge in [-0.3, -0.25) is 9.20 Å². The number of aromatic amines is 1. The van der Waals surface area contributed by atoms with E-state index in [2.05, 4.69) is 21.0 Å². The van der Waals surface area contributed by atoms with Crippen molar-refractivity contribution in [3.63, 3.8) is 0 Å². The largest absolute Gasteiger partial charge is 0.438 e. The number of rotatable bonds is 4. The van der Waals surface area contributed by atoms with Crippen LogP contribution in [-0.4, -0.2) is 19.4 Å². The van der Waals surface area contributed by atoms with Gasteiger partial charge in [0.15, 0.2) is 0 Å². The molecule has 166 valence electrons. The van der Waals surface area contributed by atoms with Crippen molar-refractivity contribution < 1.29 is 4.74 Å². The van der Waals surface area contributed by atoms with E-state index in [1.54, 1.807) is 12.3 Å². The Morgan fingerprint density at radius 1 is 1.03 bits per heavy atom.